The molecule has 2 aromatic rings. The van der Waals surface area contributed by atoms with Crippen molar-refractivity contribution in [1.29, 1.82) is 0 Å². The zero-order valence-electron chi connectivity index (χ0n) is 14.2. The number of anilines is 2. The Labute approximate surface area is 150 Å². The third kappa shape index (κ3) is 4.48. The Morgan fingerprint density at radius 2 is 1.62 bits per heavy atom. The molecule has 1 aliphatic rings. The van der Waals surface area contributed by atoms with Gasteiger partial charge in [0.2, 0.25) is 0 Å². The summed E-state index contributed by atoms with van der Waals surface area (Å²) in [6.07, 6.45) is 3.97. The third-order valence-electron chi connectivity index (χ3n) is 4.49. The molecule has 0 amide bonds. The predicted molar refractivity (Wildman–Crippen MR) is 107 cm³/mol. The van der Waals surface area contributed by atoms with E-state index in [2.05, 4.69) is 46.7 Å². The third-order valence-corrected chi connectivity index (χ3v) is 4.71. The van der Waals surface area contributed by atoms with Crippen LogP contribution in [0.2, 0.25) is 0 Å². The summed E-state index contributed by atoms with van der Waals surface area (Å²) in [6, 6.07) is 19.0. The van der Waals surface area contributed by atoms with Gasteiger partial charge in [-0.25, -0.2) is 0 Å². The largest absolute Gasteiger partial charge is 0.372 e. The molecule has 3 rings (SSSR count). The first-order valence-corrected chi connectivity index (χ1v) is 9.11. The number of rotatable bonds is 4. The first-order valence-electron chi connectivity index (χ1n) is 8.70. The monoisotopic (exact) mass is 339 g/mol. The van der Waals surface area contributed by atoms with Gasteiger partial charge in [-0.15, -0.1) is 0 Å². The van der Waals surface area contributed by atoms with E-state index < -0.39 is 0 Å². The number of hydrogen-bond donors (Lipinski definition) is 2. The molecule has 4 heteroatoms. The summed E-state index contributed by atoms with van der Waals surface area (Å²) in [7, 11) is 0. The average molecular weight is 340 g/mol. The van der Waals surface area contributed by atoms with Gasteiger partial charge in [-0.05, 0) is 68.2 Å². The van der Waals surface area contributed by atoms with E-state index in [4.69, 9.17) is 12.2 Å². The highest BCUT2D eigenvalue weighted by Crippen LogP contribution is 2.22. The summed E-state index contributed by atoms with van der Waals surface area (Å²) >= 11 is 5.41. The number of piperidine rings is 1. The lowest BCUT2D eigenvalue weighted by atomic mass is 10.1. The number of hydrogen-bond acceptors (Lipinski definition) is 2. The molecule has 3 nitrogen and oxygen atoms in total. The zero-order chi connectivity index (χ0) is 16.8. The van der Waals surface area contributed by atoms with Crippen molar-refractivity contribution >= 4 is 28.7 Å². The van der Waals surface area contributed by atoms with Gasteiger partial charge in [0.25, 0.3) is 0 Å². The minimum atomic E-state index is 0.170. The maximum Gasteiger partial charge on any atom is 0.171 e. The maximum atomic E-state index is 5.41. The van der Waals surface area contributed by atoms with E-state index in [0.29, 0.717) is 5.11 Å². The van der Waals surface area contributed by atoms with Crippen LogP contribution in [0.4, 0.5) is 11.4 Å². The Kier molecular flexibility index (Phi) is 5.70. The molecule has 1 heterocycles. The molecule has 0 saturated carbocycles. The minimum Gasteiger partial charge on any atom is -0.372 e. The minimum absolute atomic E-state index is 0.170. The topological polar surface area (TPSA) is 27.3 Å². The van der Waals surface area contributed by atoms with Crippen molar-refractivity contribution < 1.29 is 0 Å². The Hall–Kier alpha value is -2.07. The molecule has 0 radical (unpaired) electrons. The van der Waals surface area contributed by atoms with Crippen molar-refractivity contribution in [3.05, 3.63) is 60.2 Å². The highest BCUT2D eigenvalue weighted by atomic mass is 32.1. The van der Waals surface area contributed by atoms with Crippen molar-refractivity contribution in [2.75, 3.05) is 23.3 Å². The lowest BCUT2D eigenvalue weighted by Gasteiger charge is -2.29. The normalized spacial score (nSPS) is 15.6. The Morgan fingerprint density at radius 1 is 0.958 bits per heavy atom. The summed E-state index contributed by atoms with van der Waals surface area (Å²) in [5, 5.41) is 7.22. The number of thiocarbonyl (C=S) groups is 1. The summed E-state index contributed by atoms with van der Waals surface area (Å²) in [4.78, 5) is 2.48. The molecule has 0 bridgehead atoms. The van der Waals surface area contributed by atoms with E-state index in [1.54, 1.807) is 0 Å². The molecule has 1 fully saturated rings. The first-order chi connectivity index (χ1) is 11.7. The molecule has 0 spiro atoms. The van der Waals surface area contributed by atoms with E-state index in [1.807, 2.05) is 30.3 Å². The van der Waals surface area contributed by atoms with E-state index >= 15 is 0 Å². The molecule has 24 heavy (non-hydrogen) atoms. The van der Waals surface area contributed by atoms with Crippen LogP contribution >= 0.6 is 12.2 Å². The van der Waals surface area contributed by atoms with Gasteiger partial charge in [0.15, 0.2) is 5.11 Å². The van der Waals surface area contributed by atoms with Gasteiger partial charge in [-0.2, -0.15) is 0 Å². The molecule has 2 aromatic carbocycles. The second kappa shape index (κ2) is 8.15. The Bertz CT molecular complexity index is 648. The van der Waals surface area contributed by atoms with Gasteiger partial charge < -0.3 is 15.5 Å². The summed E-state index contributed by atoms with van der Waals surface area (Å²) in [5.74, 6) is 0. The zero-order valence-corrected chi connectivity index (χ0v) is 15.0. The van der Waals surface area contributed by atoms with E-state index in [-0.39, 0.29) is 6.04 Å². The van der Waals surface area contributed by atoms with Gasteiger partial charge in [-0.1, -0.05) is 30.3 Å². The highest BCUT2D eigenvalue weighted by molar-refractivity contribution is 7.80. The smallest absolute Gasteiger partial charge is 0.171 e. The number of para-hydroxylation sites is 1. The molecule has 1 atom stereocenters. The number of nitrogens with one attached hydrogen (secondary N) is 2. The first kappa shape index (κ1) is 16.8. The number of benzene rings is 2. The van der Waals surface area contributed by atoms with E-state index in [1.165, 1.54) is 43.6 Å². The lowest BCUT2D eigenvalue weighted by Crippen LogP contribution is -2.31. The maximum absolute atomic E-state index is 5.41. The van der Waals surface area contributed by atoms with Crippen LogP contribution in [0.25, 0.3) is 0 Å². The fourth-order valence-corrected chi connectivity index (χ4v) is 3.39. The fourth-order valence-electron chi connectivity index (χ4n) is 3.09. The molecule has 0 aromatic heterocycles. The van der Waals surface area contributed by atoms with Crippen LogP contribution in [-0.2, 0) is 0 Å². The van der Waals surface area contributed by atoms with Crippen LogP contribution in [0.5, 0.6) is 0 Å². The van der Waals surface area contributed by atoms with Crippen LogP contribution in [0.15, 0.2) is 54.6 Å². The number of nitrogens with zero attached hydrogens (tertiary/aromatic N) is 1. The molecular weight excluding hydrogens is 314 g/mol. The standard InChI is InChI=1S/C20H25N3S/c1-16(21-20(24)22-18-8-4-2-5-9-18)17-10-12-19(13-11-17)23-14-6-3-7-15-23/h2,4-5,8-13,16H,3,6-7,14-15H2,1H3,(H2,21,22,24)/t16-/m1/s1. The molecule has 0 aliphatic carbocycles. The van der Waals surface area contributed by atoms with Crippen LogP contribution in [0, 0.1) is 0 Å². The van der Waals surface area contributed by atoms with Gasteiger partial charge >= 0.3 is 0 Å². The second-order valence-corrected chi connectivity index (χ2v) is 6.73. The quantitative estimate of drug-likeness (QED) is 0.788. The van der Waals surface area contributed by atoms with Gasteiger partial charge in [0.1, 0.15) is 0 Å². The molecule has 2 N–H and O–H groups in total. The van der Waals surface area contributed by atoms with Crippen molar-refractivity contribution in [2.45, 2.75) is 32.2 Å². The van der Waals surface area contributed by atoms with Crippen molar-refractivity contribution in [3.8, 4) is 0 Å². The van der Waals surface area contributed by atoms with Crippen LogP contribution in [-0.4, -0.2) is 18.2 Å². The van der Waals surface area contributed by atoms with Crippen LogP contribution < -0.4 is 15.5 Å². The van der Waals surface area contributed by atoms with E-state index in [9.17, 15) is 0 Å². The Balaban J connectivity index is 1.56. The average Bonchev–Trinajstić information content (AvgIpc) is 2.63. The summed E-state index contributed by atoms with van der Waals surface area (Å²) in [5.41, 5.74) is 3.58. The van der Waals surface area contributed by atoms with Crippen molar-refractivity contribution in [1.82, 2.24) is 5.32 Å². The Morgan fingerprint density at radius 3 is 2.29 bits per heavy atom. The van der Waals surface area contributed by atoms with Gasteiger partial charge in [-0.3, -0.25) is 0 Å². The summed E-state index contributed by atoms with van der Waals surface area (Å²) < 4.78 is 0. The van der Waals surface area contributed by atoms with Gasteiger partial charge in [0.05, 0.1) is 6.04 Å². The van der Waals surface area contributed by atoms with Gasteiger partial charge in [0, 0.05) is 24.5 Å². The van der Waals surface area contributed by atoms with Crippen molar-refractivity contribution in [3.63, 3.8) is 0 Å². The fraction of sp³-hybridized carbons (Fsp3) is 0.350. The van der Waals surface area contributed by atoms with Crippen LogP contribution in [0.3, 0.4) is 0 Å². The van der Waals surface area contributed by atoms with Crippen LogP contribution in [0.1, 0.15) is 37.8 Å². The van der Waals surface area contributed by atoms with Crippen molar-refractivity contribution in [2.24, 2.45) is 0 Å². The molecule has 0 unspecified atom stereocenters. The second-order valence-electron chi connectivity index (χ2n) is 6.33. The molecule has 126 valence electrons. The SMILES string of the molecule is C[C@@H](NC(=S)Nc1ccccc1)c1ccc(N2CCCCC2)cc1. The highest BCUT2D eigenvalue weighted by Gasteiger charge is 2.12. The van der Waals surface area contributed by atoms with E-state index in [0.717, 1.165) is 5.69 Å². The predicted octanol–water partition coefficient (Wildman–Crippen LogP) is 4.72. The summed E-state index contributed by atoms with van der Waals surface area (Å²) in [6.45, 7) is 4.49. The molecule has 1 aliphatic heterocycles. The molecular formula is C20H25N3S. The lowest BCUT2D eigenvalue weighted by molar-refractivity contribution is 0.577. The molecule has 1 saturated heterocycles.